The van der Waals surface area contributed by atoms with Gasteiger partial charge >= 0.3 is 0 Å². The molecule has 3 aromatic rings. The molecular weight excluding hydrogens is 434 g/mol. The second kappa shape index (κ2) is 10.4. The van der Waals surface area contributed by atoms with Gasteiger partial charge in [0.1, 0.15) is 0 Å². The monoisotopic (exact) mass is 462 g/mol. The van der Waals surface area contributed by atoms with Crippen molar-refractivity contribution in [1.82, 2.24) is 25.4 Å². The van der Waals surface area contributed by atoms with Crippen molar-refractivity contribution in [3.63, 3.8) is 0 Å². The first-order valence-corrected chi connectivity index (χ1v) is 11.8. The Morgan fingerprint density at radius 2 is 2.00 bits per heavy atom. The van der Waals surface area contributed by atoms with Crippen molar-refractivity contribution in [3.05, 3.63) is 41.0 Å². The summed E-state index contributed by atoms with van der Waals surface area (Å²) in [6.07, 6.45) is 2.25. The van der Waals surface area contributed by atoms with Crippen molar-refractivity contribution in [2.75, 3.05) is 37.6 Å². The molecule has 1 aliphatic rings. The van der Waals surface area contributed by atoms with Crippen LogP contribution in [0.1, 0.15) is 35.1 Å². The highest BCUT2D eigenvalue weighted by Gasteiger charge is 2.24. The number of anilines is 1. The van der Waals surface area contributed by atoms with Crippen LogP contribution in [0.15, 0.2) is 30.5 Å². The molecule has 1 atom stereocenters. The average Bonchev–Trinajstić information content (AvgIpc) is 3.42. The number of hydrogen-bond donors (Lipinski definition) is 2. The molecule has 1 aliphatic heterocycles. The number of benzene rings is 1. The van der Waals surface area contributed by atoms with E-state index in [9.17, 15) is 13.6 Å². The van der Waals surface area contributed by atoms with Gasteiger partial charge in [-0.3, -0.25) is 9.69 Å². The van der Waals surface area contributed by atoms with E-state index < -0.39 is 6.43 Å². The number of nitrogens with zero attached hydrogens (tertiary/aromatic N) is 4. The molecule has 0 bridgehead atoms. The normalized spacial score (nSPS) is 16.1. The Kier molecular flexibility index (Phi) is 7.31. The summed E-state index contributed by atoms with van der Waals surface area (Å²) in [6.45, 7) is 4.20. The summed E-state index contributed by atoms with van der Waals surface area (Å²) >= 11 is 1.25. The van der Waals surface area contributed by atoms with E-state index in [1.807, 2.05) is 29.3 Å². The molecule has 0 spiro atoms. The van der Waals surface area contributed by atoms with E-state index >= 15 is 0 Å². The lowest BCUT2D eigenvalue weighted by molar-refractivity contribution is 0.0854. The van der Waals surface area contributed by atoms with Crippen LogP contribution in [0, 0.1) is 0 Å². The van der Waals surface area contributed by atoms with Crippen molar-refractivity contribution in [1.29, 1.82) is 0 Å². The third-order valence-electron chi connectivity index (χ3n) is 5.76. The summed E-state index contributed by atoms with van der Waals surface area (Å²) in [7, 11) is 0. The molecule has 1 amide bonds. The Bertz CT molecular complexity index is 1030. The Morgan fingerprint density at radius 1 is 1.22 bits per heavy atom. The fourth-order valence-corrected chi connectivity index (χ4v) is 4.94. The van der Waals surface area contributed by atoms with Crippen LogP contribution in [-0.2, 0) is 6.42 Å². The molecule has 0 saturated carbocycles. The highest BCUT2D eigenvalue weighted by atomic mass is 32.1. The second-order valence-corrected chi connectivity index (χ2v) is 9.05. The van der Waals surface area contributed by atoms with Crippen LogP contribution < -0.4 is 10.2 Å². The number of piperazine rings is 1. The molecule has 0 radical (unpaired) electrons. The van der Waals surface area contributed by atoms with Crippen LogP contribution in [0.25, 0.3) is 10.9 Å². The summed E-state index contributed by atoms with van der Waals surface area (Å²) in [5.41, 5.74) is 2.27. The van der Waals surface area contributed by atoms with Gasteiger partial charge in [0.05, 0.1) is 6.54 Å². The predicted octanol–water partition coefficient (Wildman–Crippen LogP) is 3.55. The van der Waals surface area contributed by atoms with Gasteiger partial charge in [-0.05, 0) is 24.5 Å². The molecule has 3 heterocycles. The van der Waals surface area contributed by atoms with Gasteiger partial charge in [-0.1, -0.05) is 42.9 Å². The topological polar surface area (TPSA) is 77.1 Å². The number of aromatic amines is 1. The number of carbonyl (C=O) groups is 1. The summed E-state index contributed by atoms with van der Waals surface area (Å²) in [5, 5.41) is 13.6. The molecule has 2 aromatic heterocycles. The number of H-pyrrole nitrogens is 1. The van der Waals surface area contributed by atoms with Crippen LogP contribution in [0.3, 0.4) is 0 Å². The summed E-state index contributed by atoms with van der Waals surface area (Å²) < 4.78 is 25.1. The number of carbonyl (C=O) groups excluding carboxylic acids is 1. The second-order valence-electron chi connectivity index (χ2n) is 8.09. The Balaban J connectivity index is 1.37. The Morgan fingerprint density at radius 3 is 2.75 bits per heavy atom. The zero-order chi connectivity index (χ0) is 22.5. The lowest BCUT2D eigenvalue weighted by Gasteiger charge is -2.33. The maximum atomic E-state index is 12.9. The zero-order valence-corrected chi connectivity index (χ0v) is 18.9. The van der Waals surface area contributed by atoms with E-state index in [-0.39, 0.29) is 18.5 Å². The largest absolute Gasteiger partial charge is 0.361 e. The smallest absolute Gasteiger partial charge is 0.282 e. The molecule has 10 heteroatoms. The van der Waals surface area contributed by atoms with E-state index in [0.29, 0.717) is 36.3 Å². The molecule has 0 aliphatic carbocycles. The van der Waals surface area contributed by atoms with Gasteiger partial charge in [-0.2, -0.15) is 0 Å². The number of rotatable bonds is 9. The van der Waals surface area contributed by atoms with Crippen molar-refractivity contribution >= 4 is 33.3 Å². The number of aromatic nitrogens is 3. The highest BCUT2D eigenvalue weighted by molar-refractivity contribution is 7.17. The van der Waals surface area contributed by atoms with Crippen LogP contribution >= 0.6 is 11.3 Å². The third kappa shape index (κ3) is 5.42. The van der Waals surface area contributed by atoms with Gasteiger partial charge in [0, 0.05) is 49.3 Å². The van der Waals surface area contributed by atoms with Crippen molar-refractivity contribution in [2.45, 2.75) is 38.7 Å². The minimum absolute atomic E-state index is 0.00283. The third-order valence-corrected chi connectivity index (χ3v) is 6.74. The Hall–Kier alpha value is -2.59. The molecular formula is C22H28F2N6OS. The van der Waals surface area contributed by atoms with Crippen LogP contribution in [0.4, 0.5) is 13.9 Å². The first-order valence-electron chi connectivity index (χ1n) is 11.0. The summed E-state index contributed by atoms with van der Waals surface area (Å²) in [5.74, 6) is -0.219. The number of fused-ring (bicyclic) bond motifs is 1. The molecule has 32 heavy (non-hydrogen) atoms. The lowest BCUT2D eigenvalue weighted by Crippen LogP contribution is -2.47. The van der Waals surface area contributed by atoms with Gasteiger partial charge in [0.15, 0.2) is 0 Å². The first-order chi connectivity index (χ1) is 15.5. The minimum atomic E-state index is -2.32. The quantitative estimate of drug-likeness (QED) is 0.509. The van der Waals surface area contributed by atoms with Crippen LogP contribution in [0.2, 0.25) is 0 Å². The van der Waals surface area contributed by atoms with Crippen LogP contribution in [0.5, 0.6) is 0 Å². The Labute approximate surface area is 189 Å². The standard InChI is InChI=1S/C22H28F2N6OS/c1-2-5-16(12-15-13-25-18-7-4-3-6-17(15)18)26-20(31)21-27-28-22(32-21)30-10-8-29(9-11-30)14-19(23)24/h3-4,6-7,13,16,19,25H,2,5,8-12,14H2,1H3,(H,26,31). The molecule has 1 fully saturated rings. The average molecular weight is 463 g/mol. The summed E-state index contributed by atoms with van der Waals surface area (Å²) in [4.78, 5) is 19.9. The van der Waals surface area contributed by atoms with E-state index in [1.165, 1.54) is 22.3 Å². The number of amides is 1. The van der Waals surface area contributed by atoms with E-state index in [0.717, 1.165) is 24.8 Å². The fourth-order valence-electron chi connectivity index (χ4n) is 4.14. The zero-order valence-electron chi connectivity index (χ0n) is 18.1. The van der Waals surface area contributed by atoms with Crippen molar-refractivity contribution in [3.8, 4) is 0 Å². The number of para-hydroxylation sites is 1. The number of hydrogen-bond acceptors (Lipinski definition) is 6. The molecule has 1 saturated heterocycles. The molecule has 7 nitrogen and oxygen atoms in total. The predicted molar refractivity (Wildman–Crippen MR) is 123 cm³/mol. The maximum Gasteiger partial charge on any atom is 0.282 e. The molecule has 2 N–H and O–H groups in total. The minimum Gasteiger partial charge on any atom is -0.361 e. The number of nitrogens with one attached hydrogen (secondary N) is 2. The highest BCUT2D eigenvalue weighted by Crippen LogP contribution is 2.23. The molecule has 1 unspecified atom stereocenters. The SMILES string of the molecule is CCCC(Cc1c[nH]c2ccccc12)NC(=O)c1nnc(N2CCN(CC(F)F)CC2)s1. The molecule has 172 valence electrons. The van der Waals surface area contributed by atoms with E-state index in [2.05, 4.69) is 33.5 Å². The maximum absolute atomic E-state index is 12.9. The van der Waals surface area contributed by atoms with Crippen LogP contribution in [-0.4, -0.2) is 71.2 Å². The van der Waals surface area contributed by atoms with E-state index in [4.69, 9.17) is 0 Å². The number of halogens is 2. The number of alkyl halides is 2. The molecule has 1 aromatic carbocycles. The lowest BCUT2D eigenvalue weighted by atomic mass is 10.0. The van der Waals surface area contributed by atoms with Gasteiger partial charge in [0.2, 0.25) is 10.1 Å². The fraction of sp³-hybridized carbons (Fsp3) is 0.500. The summed E-state index contributed by atoms with van der Waals surface area (Å²) in [6, 6.07) is 8.15. The van der Waals surface area contributed by atoms with Gasteiger partial charge in [-0.15, -0.1) is 10.2 Å². The van der Waals surface area contributed by atoms with Crippen molar-refractivity contribution < 1.29 is 13.6 Å². The van der Waals surface area contributed by atoms with Gasteiger partial charge < -0.3 is 15.2 Å². The molecule has 4 rings (SSSR count). The van der Waals surface area contributed by atoms with Gasteiger partial charge in [-0.25, -0.2) is 8.78 Å². The first kappa shape index (κ1) is 22.6. The van der Waals surface area contributed by atoms with Crippen molar-refractivity contribution in [2.24, 2.45) is 0 Å². The van der Waals surface area contributed by atoms with Gasteiger partial charge in [0.25, 0.3) is 12.3 Å². The van der Waals surface area contributed by atoms with E-state index in [1.54, 1.807) is 4.90 Å².